The minimum Gasteiger partial charge on any atom is -0.411 e. The number of oxime groups is 1. The van der Waals surface area contributed by atoms with Crippen molar-refractivity contribution in [2.75, 3.05) is 11.4 Å². The number of amides is 2. The number of anilines is 1. The summed E-state index contributed by atoms with van der Waals surface area (Å²) in [6, 6.07) is 7.41. The van der Waals surface area contributed by atoms with E-state index in [2.05, 4.69) is 10.5 Å². The average molecular weight is 275 g/mol. The fraction of sp³-hybridized carbons (Fsp3) is 0.467. The SMILES string of the molecule is CC(C)(C)NC(=O)N1CCC/C(=N/O)c2ccccc21. The highest BCUT2D eigenvalue weighted by atomic mass is 16.4. The summed E-state index contributed by atoms with van der Waals surface area (Å²) in [5.41, 5.74) is 1.95. The number of hydrogen-bond donors (Lipinski definition) is 2. The summed E-state index contributed by atoms with van der Waals surface area (Å²) in [4.78, 5) is 14.2. The van der Waals surface area contributed by atoms with Crippen molar-refractivity contribution in [1.29, 1.82) is 0 Å². The first kappa shape index (κ1) is 14.4. The van der Waals surface area contributed by atoms with Crippen LogP contribution in [0.5, 0.6) is 0 Å². The van der Waals surface area contributed by atoms with Gasteiger partial charge in [0.25, 0.3) is 0 Å². The molecule has 0 radical (unpaired) electrons. The maximum Gasteiger partial charge on any atom is 0.322 e. The van der Waals surface area contributed by atoms with Crippen molar-refractivity contribution in [3.8, 4) is 0 Å². The van der Waals surface area contributed by atoms with Gasteiger partial charge in [-0.05, 0) is 39.7 Å². The molecule has 108 valence electrons. The monoisotopic (exact) mass is 275 g/mol. The molecule has 0 saturated heterocycles. The summed E-state index contributed by atoms with van der Waals surface area (Å²) in [5.74, 6) is 0. The van der Waals surface area contributed by atoms with Gasteiger partial charge in [-0.3, -0.25) is 4.90 Å². The zero-order valence-corrected chi connectivity index (χ0v) is 12.2. The average Bonchev–Trinajstić information content (AvgIpc) is 2.55. The minimum atomic E-state index is -0.285. The van der Waals surface area contributed by atoms with Crippen LogP contribution in [-0.2, 0) is 0 Å². The smallest absolute Gasteiger partial charge is 0.322 e. The fourth-order valence-corrected chi connectivity index (χ4v) is 2.32. The first-order valence-corrected chi connectivity index (χ1v) is 6.82. The first-order valence-electron chi connectivity index (χ1n) is 6.82. The number of nitrogens with zero attached hydrogens (tertiary/aromatic N) is 2. The van der Waals surface area contributed by atoms with Gasteiger partial charge in [0.1, 0.15) is 0 Å². The molecule has 2 N–H and O–H groups in total. The Morgan fingerprint density at radius 1 is 1.35 bits per heavy atom. The Labute approximate surface area is 119 Å². The number of fused-ring (bicyclic) bond motifs is 1. The van der Waals surface area contributed by atoms with Crippen LogP contribution in [0.25, 0.3) is 0 Å². The lowest BCUT2D eigenvalue weighted by Gasteiger charge is -2.28. The zero-order valence-electron chi connectivity index (χ0n) is 12.2. The summed E-state index contributed by atoms with van der Waals surface area (Å²) in [5, 5.41) is 15.5. The highest BCUT2D eigenvalue weighted by molar-refractivity contribution is 6.08. The van der Waals surface area contributed by atoms with Crippen LogP contribution in [0.2, 0.25) is 0 Å². The third kappa shape index (κ3) is 3.10. The Morgan fingerprint density at radius 2 is 2.05 bits per heavy atom. The number of hydrogen-bond acceptors (Lipinski definition) is 3. The Morgan fingerprint density at radius 3 is 2.70 bits per heavy atom. The Kier molecular flexibility index (Phi) is 3.97. The van der Waals surface area contributed by atoms with E-state index in [4.69, 9.17) is 5.21 Å². The maximum atomic E-state index is 12.4. The number of rotatable bonds is 0. The second kappa shape index (κ2) is 5.53. The third-order valence-electron chi connectivity index (χ3n) is 3.15. The molecule has 1 aromatic rings. The van der Waals surface area contributed by atoms with Crippen LogP contribution >= 0.6 is 0 Å². The lowest BCUT2D eigenvalue weighted by Crippen LogP contribution is -2.49. The van der Waals surface area contributed by atoms with Gasteiger partial charge in [0.15, 0.2) is 0 Å². The van der Waals surface area contributed by atoms with Crippen LogP contribution in [-0.4, -0.2) is 29.0 Å². The summed E-state index contributed by atoms with van der Waals surface area (Å²) in [7, 11) is 0. The van der Waals surface area contributed by atoms with E-state index in [1.54, 1.807) is 4.90 Å². The van der Waals surface area contributed by atoms with Gasteiger partial charge in [-0.2, -0.15) is 0 Å². The van der Waals surface area contributed by atoms with Crippen molar-refractivity contribution in [2.24, 2.45) is 5.16 Å². The molecule has 1 aromatic carbocycles. The molecule has 1 heterocycles. The number of carbonyl (C=O) groups is 1. The zero-order chi connectivity index (χ0) is 14.8. The Hall–Kier alpha value is -2.04. The maximum absolute atomic E-state index is 12.4. The molecule has 1 aliphatic rings. The predicted molar refractivity (Wildman–Crippen MR) is 79.6 cm³/mol. The molecule has 2 rings (SSSR count). The molecule has 5 heteroatoms. The van der Waals surface area contributed by atoms with Crippen molar-refractivity contribution in [3.05, 3.63) is 29.8 Å². The van der Waals surface area contributed by atoms with Gasteiger partial charge in [-0.25, -0.2) is 4.79 Å². The van der Waals surface area contributed by atoms with E-state index in [-0.39, 0.29) is 11.6 Å². The van der Waals surface area contributed by atoms with E-state index in [9.17, 15) is 4.79 Å². The number of nitrogens with one attached hydrogen (secondary N) is 1. The van der Waals surface area contributed by atoms with Crippen LogP contribution in [0.15, 0.2) is 29.4 Å². The molecule has 5 nitrogen and oxygen atoms in total. The van der Waals surface area contributed by atoms with Crippen LogP contribution in [0.3, 0.4) is 0 Å². The summed E-state index contributed by atoms with van der Waals surface area (Å²) in [6.07, 6.45) is 1.43. The Balaban J connectivity index is 2.37. The Bertz CT molecular complexity index is 532. The lowest BCUT2D eigenvalue weighted by molar-refractivity contribution is 0.237. The molecule has 0 saturated carbocycles. The van der Waals surface area contributed by atoms with Crippen molar-refractivity contribution in [1.82, 2.24) is 5.32 Å². The summed E-state index contributed by atoms with van der Waals surface area (Å²) in [6.45, 7) is 6.47. The second-order valence-corrected chi connectivity index (χ2v) is 6.00. The van der Waals surface area contributed by atoms with E-state index in [1.165, 1.54) is 0 Å². The standard InChI is InChI=1S/C15H21N3O2/c1-15(2,3)16-14(19)18-10-6-8-12(17-20)11-7-4-5-9-13(11)18/h4-5,7,9,20H,6,8,10H2,1-3H3,(H,16,19)/b17-12-. The molecular weight excluding hydrogens is 254 g/mol. The van der Waals surface area contributed by atoms with Crippen molar-refractivity contribution in [2.45, 2.75) is 39.2 Å². The number of urea groups is 1. The van der Waals surface area contributed by atoms with Gasteiger partial charge in [0.2, 0.25) is 0 Å². The summed E-state index contributed by atoms with van der Waals surface area (Å²) >= 11 is 0. The van der Waals surface area contributed by atoms with Gasteiger partial charge in [0.05, 0.1) is 11.4 Å². The second-order valence-electron chi connectivity index (χ2n) is 6.00. The molecule has 0 atom stereocenters. The highest BCUT2D eigenvalue weighted by Crippen LogP contribution is 2.26. The molecular formula is C15H21N3O2. The van der Waals surface area contributed by atoms with Gasteiger partial charge < -0.3 is 10.5 Å². The number of carbonyl (C=O) groups excluding carboxylic acids is 1. The molecule has 0 aromatic heterocycles. The molecule has 2 amide bonds. The van der Waals surface area contributed by atoms with Crippen molar-refractivity contribution >= 4 is 17.4 Å². The van der Waals surface area contributed by atoms with Crippen LogP contribution in [0, 0.1) is 0 Å². The van der Waals surface area contributed by atoms with E-state index < -0.39 is 0 Å². The first-order chi connectivity index (χ1) is 9.42. The van der Waals surface area contributed by atoms with Gasteiger partial charge in [-0.15, -0.1) is 0 Å². The lowest BCUT2D eigenvalue weighted by atomic mass is 10.1. The molecule has 0 fully saturated rings. The number of para-hydroxylation sites is 1. The van der Waals surface area contributed by atoms with Gasteiger partial charge in [-0.1, -0.05) is 23.4 Å². The van der Waals surface area contributed by atoms with Crippen LogP contribution in [0.4, 0.5) is 10.5 Å². The topological polar surface area (TPSA) is 64.9 Å². The normalized spacial score (nSPS) is 17.6. The molecule has 0 aliphatic carbocycles. The van der Waals surface area contributed by atoms with E-state index in [0.717, 1.165) is 17.7 Å². The molecule has 1 aliphatic heterocycles. The van der Waals surface area contributed by atoms with Gasteiger partial charge in [0, 0.05) is 17.6 Å². The molecule has 0 unspecified atom stereocenters. The number of benzene rings is 1. The molecule has 0 bridgehead atoms. The van der Waals surface area contributed by atoms with Crippen molar-refractivity contribution in [3.63, 3.8) is 0 Å². The quantitative estimate of drug-likeness (QED) is 0.564. The van der Waals surface area contributed by atoms with E-state index in [1.807, 2.05) is 45.0 Å². The highest BCUT2D eigenvalue weighted by Gasteiger charge is 2.26. The predicted octanol–water partition coefficient (Wildman–Crippen LogP) is 2.97. The summed E-state index contributed by atoms with van der Waals surface area (Å²) < 4.78 is 0. The molecule has 0 spiro atoms. The van der Waals surface area contributed by atoms with E-state index >= 15 is 0 Å². The fourth-order valence-electron chi connectivity index (χ4n) is 2.32. The van der Waals surface area contributed by atoms with Crippen LogP contribution in [0.1, 0.15) is 39.2 Å². The third-order valence-corrected chi connectivity index (χ3v) is 3.15. The molecule has 20 heavy (non-hydrogen) atoms. The largest absolute Gasteiger partial charge is 0.411 e. The van der Waals surface area contributed by atoms with Gasteiger partial charge >= 0.3 is 6.03 Å². The van der Waals surface area contributed by atoms with Crippen LogP contribution < -0.4 is 10.2 Å². The van der Waals surface area contributed by atoms with Crippen molar-refractivity contribution < 1.29 is 10.0 Å². The van der Waals surface area contributed by atoms with E-state index in [0.29, 0.717) is 18.7 Å². The minimum absolute atomic E-state index is 0.121.